The third-order valence-corrected chi connectivity index (χ3v) is 5.87. The van der Waals surface area contributed by atoms with E-state index >= 15 is 0 Å². The average molecular weight is 428 g/mol. The topological polar surface area (TPSA) is 93.7 Å². The summed E-state index contributed by atoms with van der Waals surface area (Å²) in [6.07, 6.45) is 0. The van der Waals surface area contributed by atoms with Crippen LogP contribution in [0.2, 0.25) is 0 Å². The Hall–Kier alpha value is -3.17. The minimum absolute atomic E-state index is 0.0508. The second-order valence-electron chi connectivity index (χ2n) is 6.10. The van der Waals surface area contributed by atoms with Crippen molar-refractivity contribution in [3.8, 4) is 11.5 Å². The van der Waals surface area contributed by atoms with Gasteiger partial charge in [-0.25, -0.2) is 0 Å². The van der Waals surface area contributed by atoms with E-state index in [2.05, 4.69) is 10.6 Å². The van der Waals surface area contributed by atoms with Gasteiger partial charge in [0.2, 0.25) is 5.78 Å². The lowest BCUT2D eigenvalue weighted by Crippen LogP contribution is -2.34. The first-order chi connectivity index (χ1) is 14.1. The maximum Gasteiger partial charge on any atom is 0.313 e. The molecule has 9 heteroatoms. The standard InChI is InChI=1S/C20H16N2O5S2/c23-18(12-5-8-28-11-12)17-4-2-14(29-17)10-21-19(24)20(25)22-13-1-3-15-16(9-13)27-7-6-26-15/h1-5,8-9,11H,6-7,10H2,(H,21,24)(H,22,25). The van der Waals surface area contributed by atoms with E-state index in [1.165, 1.54) is 22.7 Å². The number of rotatable bonds is 5. The minimum atomic E-state index is -0.784. The molecule has 0 fully saturated rings. The monoisotopic (exact) mass is 428 g/mol. The number of anilines is 1. The zero-order valence-electron chi connectivity index (χ0n) is 15.1. The van der Waals surface area contributed by atoms with Crippen LogP contribution >= 0.6 is 22.7 Å². The molecule has 148 valence electrons. The number of hydrogen-bond donors (Lipinski definition) is 2. The van der Waals surface area contributed by atoms with Crippen molar-refractivity contribution >= 4 is 46.0 Å². The van der Waals surface area contributed by atoms with Crippen molar-refractivity contribution in [2.45, 2.75) is 6.54 Å². The van der Waals surface area contributed by atoms with Crippen LogP contribution in [-0.2, 0) is 16.1 Å². The smallest absolute Gasteiger partial charge is 0.313 e. The number of carbonyl (C=O) groups is 3. The molecule has 0 atom stereocenters. The lowest BCUT2D eigenvalue weighted by atomic mass is 10.2. The van der Waals surface area contributed by atoms with Crippen LogP contribution in [0.3, 0.4) is 0 Å². The van der Waals surface area contributed by atoms with Crippen molar-refractivity contribution < 1.29 is 23.9 Å². The summed E-state index contributed by atoms with van der Waals surface area (Å²) in [7, 11) is 0. The first-order valence-corrected chi connectivity index (χ1v) is 10.5. The van der Waals surface area contributed by atoms with Gasteiger partial charge in [0, 0.05) is 27.6 Å². The number of fused-ring (bicyclic) bond motifs is 1. The fourth-order valence-corrected chi connectivity index (χ4v) is 4.23. The van der Waals surface area contributed by atoms with Crippen molar-refractivity contribution in [1.29, 1.82) is 0 Å². The lowest BCUT2D eigenvalue weighted by Gasteiger charge is -2.18. The zero-order valence-corrected chi connectivity index (χ0v) is 16.7. The Morgan fingerprint density at radius 3 is 2.59 bits per heavy atom. The maximum atomic E-state index is 12.3. The van der Waals surface area contributed by atoms with Gasteiger partial charge >= 0.3 is 11.8 Å². The fraction of sp³-hybridized carbons (Fsp3) is 0.150. The molecule has 3 aromatic rings. The van der Waals surface area contributed by atoms with E-state index in [-0.39, 0.29) is 12.3 Å². The van der Waals surface area contributed by atoms with E-state index in [0.717, 1.165) is 4.88 Å². The number of carbonyl (C=O) groups excluding carboxylic acids is 3. The number of amides is 2. The predicted molar refractivity (Wildman–Crippen MR) is 110 cm³/mol. The highest BCUT2D eigenvalue weighted by molar-refractivity contribution is 7.14. The van der Waals surface area contributed by atoms with E-state index < -0.39 is 11.8 Å². The molecule has 1 aliphatic rings. The van der Waals surface area contributed by atoms with Gasteiger partial charge in [-0.1, -0.05) is 0 Å². The highest BCUT2D eigenvalue weighted by Crippen LogP contribution is 2.32. The molecule has 2 N–H and O–H groups in total. The van der Waals surface area contributed by atoms with E-state index in [1.54, 1.807) is 41.8 Å². The quantitative estimate of drug-likeness (QED) is 0.481. The molecule has 7 nitrogen and oxygen atoms in total. The van der Waals surface area contributed by atoms with E-state index in [1.807, 2.05) is 5.38 Å². The molecule has 2 aromatic heterocycles. The van der Waals surface area contributed by atoms with Crippen molar-refractivity contribution in [1.82, 2.24) is 5.32 Å². The molecule has 1 aliphatic heterocycles. The summed E-state index contributed by atoms with van der Waals surface area (Å²) in [5, 5.41) is 8.74. The second kappa shape index (κ2) is 8.46. The summed E-state index contributed by atoms with van der Waals surface area (Å²) in [5.41, 5.74) is 1.08. The van der Waals surface area contributed by atoms with Crippen LogP contribution < -0.4 is 20.1 Å². The largest absolute Gasteiger partial charge is 0.486 e. The van der Waals surface area contributed by atoms with Crippen molar-refractivity contribution in [3.63, 3.8) is 0 Å². The van der Waals surface area contributed by atoms with Gasteiger partial charge in [-0.15, -0.1) is 11.3 Å². The Bertz CT molecular complexity index is 1060. The van der Waals surface area contributed by atoms with Crippen LogP contribution in [0.1, 0.15) is 20.1 Å². The summed E-state index contributed by atoms with van der Waals surface area (Å²) >= 11 is 2.75. The fourth-order valence-electron chi connectivity index (χ4n) is 2.69. The van der Waals surface area contributed by atoms with E-state index in [0.29, 0.717) is 40.8 Å². The summed E-state index contributed by atoms with van der Waals surface area (Å²) in [4.78, 5) is 37.9. The van der Waals surface area contributed by atoms with Gasteiger partial charge in [0.1, 0.15) is 13.2 Å². The Morgan fingerprint density at radius 2 is 1.79 bits per heavy atom. The van der Waals surface area contributed by atoms with Crippen LogP contribution in [0.5, 0.6) is 11.5 Å². The van der Waals surface area contributed by atoms with Gasteiger partial charge < -0.3 is 20.1 Å². The molecular formula is C20H16N2O5S2. The Balaban J connectivity index is 1.31. The summed E-state index contributed by atoms with van der Waals surface area (Å²) in [5.74, 6) is -0.475. The van der Waals surface area contributed by atoms with E-state index in [9.17, 15) is 14.4 Å². The van der Waals surface area contributed by atoms with Gasteiger partial charge in [0.05, 0.1) is 11.4 Å². The molecule has 0 saturated carbocycles. The Labute approximate surface area is 174 Å². The number of nitrogens with one attached hydrogen (secondary N) is 2. The number of ether oxygens (including phenoxy) is 2. The van der Waals surface area contributed by atoms with Gasteiger partial charge in [0.15, 0.2) is 11.5 Å². The molecule has 0 bridgehead atoms. The molecule has 4 rings (SSSR count). The van der Waals surface area contributed by atoms with E-state index in [4.69, 9.17) is 9.47 Å². The summed E-state index contributed by atoms with van der Waals surface area (Å²) in [6.45, 7) is 1.07. The molecular weight excluding hydrogens is 412 g/mol. The number of benzene rings is 1. The molecule has 0 saturated heterocycles. The van der Waals surface area contributed by atoms with Gasteiger partial charge in [-0.3, -0.25) is 14.4 Å². The normalized spacial score (nSPS) is 12.3. The molecule has 0 unspecified atom stereocenters. The first-order valence-electron chi connectivity index (χ1n) is 8.74. The number of hydrogen-bond acceptors (Lipinski definition) is 7. The zero-order chi connectivity index (χ0) is 20.2. The van der Waals surface area contributed by atoms with Crippen LogP contribution in [0, 0.1) is 0 Å². The number of ketones is 1. The van der Waals surface area contributed by atoms with Crippen LogP contribution in [0.4, 0.5) is 5.69 Å². The molecule has 1 aromatic carbocycles. The third kappa shape index (κ3) is 4.47. The second-order valence-corrected chi connectivity index (χ2v) is 8.05. The molecule has 0 aliphatic carbocycles. The SMILES string of the molecule is O=C(NCc1ccc(C(=O)c2ccsc2)s1)C(=O)Nc1ccc2c(c1)OCCO2. The summed E-state index contributed by atoms with van der Waals surface area (Å²) < 4.78 is 10.9. The molecule has 29 heavy (non-hydrogen) atoms. The number of thiophene rings is 2. The van der Waals surface area contributed by atoms with Crippen LogP contribution in [-0.4, -0.2) is 30.8 Å². The average Bonchev–Trinajstić information content (AvgIpc) is 3.43. The maximum absolute atomic E-state index is 12.3. The van der Waals surface area contributed by atoms with Gasteiger partial charge in [-0.05, 0) is 35.7 Å². The molecule has 0 spiro atoms. The van der Waals surface area contributed by atoms with Crippen LogP contribution in [0.15, 0.2) is 47.2 Å². The molecule has 3 heterocycles. The van der Waals surface area contributed by atoms with Crippen molar-refractivity contribution in [2.24, 2.45) is 0 Å². The minimum Gasteiger partial charge on any atom is -0.486 e. The van der Waals surface area contributed by atoms with Crippen molar-refractivity contribution in [3.05, 3.63) is 62.5 Å². The van der Waals surface area contributed by atoms with Gasteiger partial charge in [-0.2, -0.15) is 11.3 Å². The lowest BCUT2D eigenvalue weighted by molar-refractivity contribution is -0.136. The summed E-state index contributed by atoms with van der Waals surface area (Å²) in [6, 6.07) is 10.2. The predicted octanol–water partition coefficient (Wildman–Crippen LogP) is 3.07. The van der Waals surface area contributed by atoms with Crippen LogP contribution in [0.25, 0.3) is 0 Å². The Morgan fingerprint density at radius 1 is 0.966 bits per heavy atom. The first kappa shape index (κ1) is 19.2. The highest BCUT2D eigenvalue weighted by atomic mass is 32.1. The molecule has 0 radical (unpaired) electrons. The Kier molecular flexibility index (Phi) is 5.59. The van der Waals surface area contributed by atoms with Crippen molar-refractivity contribution in [2.75, 3.05) is 18.5 Å². The highest BCUT2D eigenvalue weighted by Gasteiger charge is 2.17. The molecule has 2 amide bonds. The third-order valence-electron chi connectivity index (χ3n) is 4.10. The van der Waals surface area contributed by atoms with Gasteiger partial charge in [0.25, 0.3) is 0 Å².